The number of pyridine rings is 1. The van der Waals surface area contributed by atoms with Crippen molar-refractivity contribution in [1.82, 2.24) is 25.3 Å². The second-order valence-corrected chi connectivity index (χ2v) is 8.94. The van der Waals surface area contributed by atoms with Gasteiger partial charge in [0.15, 0.2) is 0 Å². The molecule has 3 aromatic heterocycles. The van der Waals surface area contributed by atoms with E-state index in [0.717, 1.165) is 72.5 Å². The Labute approximate surface area is 185 Å². The van der Waals surface area contributed by atoms with Crippen LogP contribution in [-0.4, -0.2) is 25.8 Å². The number of fused-ring (bicyclic) bond motifs is 2. The normalized spacial score (nSPS) is 15.3. The number of amides is 1. The van der Waals surface area contributed by atoms with Crippen molar-refractivity contribution in [2.24, 2.45) is 0 Å². The van der Waals surface area contributed by atoms with Gasteiger partial charge in [0.2, 0.25) is 0 Å². The highest BCUT2D eigenvalue weighted by atomic mass is 32.1. The molecule has 0 fully saturated rings. The fraction of sp³-hybridized carbons (Fsp3) is 0.333. The number of hydrogen-bond donors (Lipinski definition) is 2. The third-order valence-corrected chi connectivity index (χ3v) is 6.70. The maximum Gasteiger partial charge on any atom is 0.271 e. The molecule has 5 rings (SSSR count). The lowest BCUT2D eigenvalue weighted by Gasteiger charge is -2.11. The summed E-state index contributed by atoms with van der Waals surface area (Å²) in [5, 5.41) is 6.00. The number of aryl methyl sites for hydroxylation is 3. The van der Waals surface area contributed by atoms with Crippen LogP contribution < -0.4 is 5.32 Å². The number of para-hydroxylation sites is 2. The Kier molecular flexibility index (Phi) is 5.76. The lowest BCUT2D eigenvalue weighted by Crippen LogP contribution is -2.27. The summed E-state index contributed by atoms with van der Waals surface area (Å²) in [5.41, 5.74) is 4.88. The second-order valence-electron chi connectivity index (χ2n) is 8.00. The van der Waals surface area contributed by atoms with Gasteiger partial charge in [-0.05, 0) is 55.9 Å². The molecule has 1 aliphatic carbocycles. The van der Waals surface area contributed by atoms with Gasteiger partial charge in [-0.2, -0.15) is 0 Å². The third kappa shape index (κ3) is 4.51. The lowest BCUT2D eigenvalue weighted by atomic mass is 10.1. The van der Waals surface area contributed by atoms with Crippen molar-refractivity contribution in [3.63, 3.8) is 0 Å². The largest absolute Gasteiger partial charge is 0.342 e. The average Bonchev–Trinajstić information content (AvgIpc) is 3.52. The van der Waals surface area contributed by atoms with Gasteiger partial charge in [-0.15, -0.1) is 11.3 Å². The van der Waals surface area contributed by atoms with Crippen LogP contribution in [0.3, 0.4) is 0 Å². The number of thiazole rings is 1. The van der Waals surface area contributed by atoms with E-state index in [1.54, 1.807) is 17.5 Å². The van der Waals surface area contributed by atoms with E-state index in [1.165, 1.54) is 5.56 Å². The maximum absolute atomic E-state index is 12.6. The molecule has 0 radical (unpaired) electrons. The number of nitrogens with zero attached hydrogens (tertiary/aromatic N) is 3. The fourth-order valence-electron chi connectivity index (χ4n) is 4.18. The van der Waals surface area contributed by atoms with Crippen molar-refractivity contribution in [3.8, 4) is 0 Å². The summed E-state index contributed by atoms with van der Waals surface area (Å²) >= 11 is 1.57. The van der Waals surface area contributed by atoms with E-state index < -0.39 is 0 Å². The van der Waals surface area contributed by atoms with Gasteiger partial charge in [0.1, 0.15) is 11.5 Å². The van der Waals surface area contributed by atoms with Gasteiger partial charge in [0.05, 0.1) is 27.8 Å². The van der Waals surface area contributed by atoms with Crippen LogP contribution in [0.4, 0.5) is 0 Å². The zero-order valence-electron chi connectivity index (χ0n) is 17.3. The molecule has 1 aliphatic rings. The Morgan fingerprint density at radius 1 is 1.10 bits per heavy atom. The standard InChI is InChI=1S/C24H25N5OS/c30-24(29-19-13-12-16-7-6-14-25-23(16)19)20-15-31-22(28-20)11-3-1-2-10-21-26-17-8-4-5-9-18(17)27-21/h4-9,14-15,19H,1-3,10-13H2,(H,26,27)(H,29,30). The minimum atomic E-state index is -0.101. The number of aromatic nitrogens is 4. The van der Waals surface area contributed by atoms with Crippen molar-refractivity contribution in [2.75, 3.05) is 0 Å². The number of aromatic amines is 1. The van der Waals surface area contributed by atoms with E-state index >= 15 is 0 Å². The zero-order chi connectivity index (χ0) is 21.0. The molecule has 1 aromatic carbocycles. The first-order chi connectivity index (χ1) is 15.3. The van der Waals surface area contributed by atoms with Crippen LogP contribution in [0.5, 0.6) is 0 Å². The monoisotopic (exact) mass is 431 g/mol. The summed E-state index contributed by atoms with van der Waals surface area (Å²) in [5.74, 6) is 0.952. The molecule has 7 heteroatoms. The molecule has 1 amide bonds. The Morgan fingerprint density at radius 2 is 2.00 bits per heavy atom. The first-order valence-corrected chi connectivity index (χ1v) is 11.8. The molecule has 1 unspecified atom stereocenters. The molecule has 6 nitrogen and oxygen atoms in total. The Bertz CT molecular complexity index is 1160. The van der Waals surface area contributed by atoms with E-state index in [2.05, 4.69) is 37.4 Å². The van der Waals surface area contributed by atoms with Crippen molar-refractivity contribution < 1.29 is 4.79 Å². The fourth-order valence-corrected chi connectivity index (χ4v) is 5.01. The van der Waals surface area contributed by atoms with Crippen LogP contribution in [-0.2, 0) is 19.3 Å². The van der Waals surface area contributed by atoms with Crippen LogP contribution >= 0.6 is 11.3 Å². The van der Waals surface area contributed by atoms with Gasteiger partial charge in [-0.1, -0.05) is 24.6 Å². The molecular formula is C24H25N5OS. The Balaban J connectivity index is 1.07. The van der Waals surface area contributed by atoms with E-state index in [1.807, 2.05) is 29.6 Å². The molecule has 0 spiro atoms. The molecule has 0 bridgehead atoms. The second kappa shape index (κ2) is 8.98. The highest BCUT2D eigenvalue weighted by Gasteiger charge is 2.26. The van der Waals surface area contributed by atoms with Crippen molar-refractivity contribution in [3.05, 3.63) is 75.8 Å². The maximum atomic E-state index is 12.6. The summed E-state index contributed by atoms with van der Waals surface area (Å²) in [6.45, 7) is 0. The van der Waals surface area contributed by atoms with Crippen LogP contribution in [0, 0.1) is 0 Å². The average molecular weight is 432 g/mol. The Hall–Kier alpha value is -3.06. The smallest absolute Gasteiger partial charge is 0.271 e. The number of H-pyrrole nitrogens is 1. The molecule has 0 saturated heterocycles. The molecular weight excluding hydrogens is 406 g/mol. The number of carbonyl (C=O) groups excluding carboxylic acids is 1. The number of imidazole rings is 1. The SMILES string of the molecule is O=C(NC1CCc2cccnc21)c1csc(CCCCCc2nc3ccccc3[nH]2)n1. The van der Waals surface area contributed by atoms with E-state index in [4.69, 9.17) is 0 Å². The zero-order valence-corrected chi connectivity index (χ0v) is 18.1. The summed E-state index contributed by atoms with van der Waals surface area (Å²) in [7, 11) is 0. The number of rotatable bonds is 8. The number of benzene rings is 1. The molecule has 2 N–H and O–H groups in total. The number of carbonyl (C=O) groups is 1. The predicted molar refractivity (Wildman–Crippen MR) is 122 cm³/mol. The van der Waals surface area contributed by atoms with E-state index in [9.17, 15) is 4.79 Å². The van der Waals surface area contributed by atoms with Crippen LogP contribution in [0.25, 0.3) is 11.0 Å². The number of hydrogen-bond acceptors (Lipinski definition) is 5. The molecule has 0 saturated carbocycles. The van der Waals surface area contributed by atoms with Gasteiger partial charge >= 0.3 is 0 Å². The molecule has 0 aliphatic heterocycles. The van der Waals surface area contributed by atoms with Crippen LogP contribution in [0.1, 0.15) is 64.3 Å². The minimum absolute atomic E-state index is 0.00732. The van der Waals surface area contributed by atoms with Gasteiger partial charge in [-0.25, -0.2) is 9.97 Å². The van der Waals surface area contributed by atoms with Crippen LogP contribution in [0.2, 0.25) is 0 Å². The molecule has 3 heterocycles. The van der Waals surface area contributed by atoms with Gasteiger partial charge in [0, 0.05) is 18.0 Å². The lowest BCUT2D eigenvalue weighted by molar-refractivity contribution is 0.0931. The molecule has 31 heavy (non-hydrogen) atoms. The molecule has 158 valence electrons. The third-order valence-electron chi connectivity index (χ3n) is 5.79. The summed E-state index contributed by atoms with van der Waals surface area (Å²) in [6.07, 6.45) is 8.79. The molecule has 1 atom stereocenters. The molecule has 4 aromatic rings. The summed E-state index contributed by atoms with van der Waals surface area (Å²) < 4.78 is 0. The van der Waals surface area contributed by atoms with E-state index in [-0.39, 0.29) is 11.9 Å². The first kappa shape index (κ1) is 19.9. The van der Waals surface area contributed by atoms with Crippen molar-refractivity contribution in [1.29, 1.82) is 0 Å². The number of unbranched alkanes of at least 4 members (excludes halogenated alkanes) is 2. The quantitative estimate of drug-likeness (QED) is 0.393. The predicted octanol–water partition coefficient (Wildman–Crippen LogP) is 4.79. The van der Waals surface area contributed by atoms with Crippen molar-refractivity contribution in [2.45, 2.75) is 51.0 Å². The topological polar surface area (TPSA) is 83.6 Å². The van der Waals surface area contributed by atoms with Crippen LogP contribution in [0.15, 0.2) is 48.0 Å². The highest BCUT2D eigenvalue weighted by molar-refractivity contribution is 7.09. The number of nitrogens with one attached hydrogen (secondary N) is 2. The Morgan fingerprint density at radius 3 is 2.94 bits per heavy atom. The highest BCUT2D eigenvalue weighted by Crippen LogP contribution is 2.29. The summed E-state index contributed by atoms with van der Waals surface area (Å²) in [4.78, 5) is 29.6. The van der Waals surface area contributed by atoms with Gasteiger partial charge in [0.25, 0.3) is 5.91 Å². The minimum Gasteiger partial charge on any atom is -0.342 e. The van der Waals surface area contributed by atoms with Crippen molar-refractivity contribution >= 4 is 28.3 Å². The van der Waals surface area contributed by atoms with Gasteiger partial charge in [-0.3, -0.25) is 9.78 Å². The summed E-state index contributed by atoms with van der Waals surface area (Å²) in [6, 6.07) is 12.2. The van der Waals surface area contributed by atoms with Gasteiger partial charge < -0.3 is 10.3 Å². The van der Waals surface area contributed by atoms with E-state index in [0.29, 0.717) is 5.69 Å². The first-order valence-electron chi connectivity index (χ1n) is 10.9.